The first-order valence-electron chi connectivity index (χ1n) is 15.5. The van der Waals surface area contributed by atoms with E-state index >= 15 is 0 Å². The quantitative estimate of drug-likeness (QED) is 0.177. The molecule has 4 nitrogen and oxygen atoms in total. The van der Waals surface area contributed by atoms with E-state index in [9.17, 15) is 0 Å². The Hall–Kier alpha value is -1.54. The second-order valence-electron chi connectivity index (χ2n) is 10.7. The number of allylic oxidation sites excluding steroid dienone is 5. The van der Waals surface area contributed by atoms with Crippen molar-refractivity contribution in [3.63, 3.8) is 0 Å². The molecule has 0 aromatic carbocycles. The molecule has 0 atom stereocenters. The van der Waals surface area contributed by atoms with Crippen LogP contribution in [-0.2, 0) is 4.74 Å². The molecular weight excluding hydrogens is 466 g/mol. The zero-order chi connectivity index (χ0) is 28.7. The van der Waals surface area contributed by atoms with Crippen LogP contribution in [0.3, 0.4) is 0 Å². The maximum Gasteiger partial charge on any atom is 0.0590 e. The molecule has 1 saturated heterocycles. The van der Waals surface area contributed by atoms with Crippen LogP contribution in [-0.4, -0.2) is 68.8 Å². The number of ether oxygens (including phenoxy) is 1. The molecule has 1 heterocycles. The molecule has 3 aliphatic rings. The normalized spacial score (nSPS) is 20.8. The van der Waals surface area contributed by atoms with Gasteiger partial charge in [-0.3, -0.25) is 0 Å². The summed E-state index contributed by atoms with van der Waals surface area (Å²) in [6, 6.07) is 0. The van der Waals surface area contributed by atoms with Crippen LogP contribution in [0, 0.1) is 18.3 Å². The number of hydrogen-bond acceptors (Lipinski definition) is 4. The summed E-state index contributed by atoms with van der Waals surface area (Å²) in [5.74, 6) is 0. The third-order valence-electron chi connectivity index (χ3n) is 8.09. The van der Waals surface area contributed by atoms with Gasteiger partial charge < -0.3 is 19.9 Å². The fourth-order valence-electron chi connectivity index (χ4n) is 4.79. The first-order valence-corrected chi connectivity index (χ1v) is 15.5. The summed E-state index contributed by atoms with van der Waals surface area (Å²) in [4.78, 5) is 5.18. The number of piperazine rings is 1. The van der Waals surface area contributed by atoms with E-state index in [1.807, 2.05) is 19.9 Å². The Bertz CT molecular complexity index is 677. The monoisotopic (exact) mass is 529 g/mol. The molecule has 0 radical (unpaired) electrons. The Labute approximate surface area is 238 Å². The van der Waals surface area contributed by atoms with Crippen LogP contribution >= 0.6 is 0 Å². The molecule has 1 spiro atoms. The highest BCUT2D eigenvalue weighted by atomic mass is 16.5. The molecule has 38 heavy (non-hydrogen) atoms. The van der Waals surface area contributed by atoms with Crippen molar-refractivity contribution >= 4 is 0 Å². The number of rotatable bonds is 10. The van der Waals surface area contributed by atoms with Gasteiger partial charge in [0, 0.05) is 51.6 Å². The molecule has 3 rings (SSSR count). The maximum atomic E-state index is 5.13. The minimum Gasteiger partial charge on any atom is -0.380 e. The van der Waals surface area contributed by atoms with Crippen molar-refractivity contribution in [1.82, 2.24) is 15.1 Å². The molecule has 2 fully saturated rings. The lowest BCUT2D eigenvalue weighted by molar-refractivity contribution is 0.150. The van der Waals surface area contributed by atoms with Gasteiger partial charge in [-0.15, -0.1) is 12.8 Å². The van der Waals surface area contributed by atoms with Gasteiger partial charge in [-0.25, -0.2) is 0 Å². The van der Waals surface area contributed by atoms with Gasteiger partial charge >= 0.3 is 0 Å². The highest BCUT2D eigenvalue weighted by molar-refractivity contribution is 5.33. The zero-order valence-corrected chi connectivity index (χ0v) is 26.4. The SMILES string of the molecule is C#C.C/C=C\CNCCOCC.CCCC.CCN1CCN(/C(C)=C(C)\C2=C\CC3(CCCC2)CC3)CC1. The molecule has 0 bridgehead atoms. The van der Waals surface area contributed by atoms with Gasteiger partial charge in [0.05, 0.1) is 6.61 Å². The van der Waals surface area contributed by atoms with Crippen LogP contribution in [0.15, 0.2) is 35.1 Å². The van der Waals surface area contributed by atoms with Gasteiger partial charge in [-0.1, -0.05) is 58.3 Å². The summed E-state index contributed by atoms with van der Waals surface area (Å²) in [5.41, 5.74) is 5.49. The minimum atomic E-state index is 0.729. The van der Waals surface area contributed by atoms with E-state index in [2.05, 4.69) is 74.7 Å². The number of likely N-dealkylation sites (N-methyl/N-ethyl adjacent to an activating group) is 1. The highest BCUT2D eigenvalue weighted by Gasteiger charge is 2.41. The van der Waals surface area contributed by atoms with Gasteiger partial charge in [0.2, 0.25) is 0 Å². The zero-order valence-electron chi connectivity index (χ0n) is 26.4. The summed E-state index contributed by atoms with van der Waals surface area (Å²) in [6.45, 7) is 24.9. The number of hydrogen-bond donors (Lipinski definition) is 1. The number of nitrogens with one attached hydrogen (secondary N) is 1. The van der Waals surface area contributed by atoms with Gasteiger partial charge in [0.15, 0.2) is 0 Å². The van der Waals surface area contributed by atoms with Crippen molar-refractivity contribution in [3.8, 4) is 12.8 Å². The molecule has 1 saturated carbocycles. The molecule has 0 aromatic rings. The van der Waals surface area contributed by atoms with Gasteiger partial charge in [0.25, 0.3) is 0 Å². The molecule has 0 aromatic heterocycles. The van der Waals surface area contributed by atoms with Crippen molar-refractivity contribution < 1.29 is 4.74 Å². The third-order valence-corrected chi connectivity index (χ3v) is 8.09. The Kier molecular flexibility index (Phi) is 22.4. The minimum absolute atomic E-state index is 0.729. The van der Waals surface area contributed by atoms with Crippen LogP contribution in [0.2, 0.25) is 0 Å². The Morgan fingerprint density at radius 3 is 2.18 bits per heavy atom. The van der Waals surface area contributed by atoms with E-state index in [0.29, 0.717) is 0 Å². The van der Waals surface area contributed by atoms with Gasteiger partial charge in [0.1, 0.15) is 0 Å². The van der Waals surface area contributed by atoms with Gasteiger partial charge in [-0.2, -0.15) is 0 Å². The largest absolute Gasteiger partial charge is 0.380 e. The van der Waals surface area contributed by atoms with Crippen molar-refractivity contribution in [2.45, 2.75) is 106 Å². The molecule has 1 N–H and O–H groups in total. The second kappa shape index (κ2) is 23.4. The molecule has 2 aliphatic carbocycles. The molecule has 1 aliphatic heterocycles. The van der Waals surface area contributed by atoms with E-state index in [1.165, 1.54) is 96.2 Å². The van der Waals surface area contributed by atoms with E-state index < -0.39 is 0 Å². The summed E-state index contributed by atoms with van der Waals surface area (Å²) < 4.78 is 5.13. The average molecular weight is 530 g/mol. The highest BCUT2D eigenvalue weighted by Crippen LogP contribution is 2.54. The van der Waals surface area contributed by atoms with Crippen molar-refractivity contribution in [2.75, 3.05) is 59.0 Å². The molecule has 0 amide bonds. The maximum absolute atomic E-state index is 5.13. The van der Waals surface area contributed by atoms with E-state index in [0.717, 1.165) is 31.7 Å². The summed E-state index contributed by atoms with van der Waals surface area (Å²) in [7, 11) is 0. The van der Waals surface area contributed by atoms with E-state index in [4.69, 9.17) is 4.74 Å². The average Bonchev–Trinajstić information content (AvgIpc) is 3.74. The van der Waals surface area contributed by atoms with Crippen LogP contribution < -0.4 is 5.32 Å². The molecular formula is C34H63N3O. The number of nitrogens with zero attached hydrogens (tertiary/aromatic N) is 2. The second-order valence-corrected chi connectivity index (χ2v) is 10.7. The van der Waals surface area contributed by atoms with Crippen LogP contribution in [0.1, 0.15) is 106 Å². The molecule has 220 valence electrons. The first kappa shape index (κ1) is 36.5. The van der Waals surface area contributed by atoms with Crippen LogP contribution in [0.4, 0.5) is 0 Å². The van der Waals surface area contributed by atoms with Crippen LogP contribution in [0.25, 0.3) is 0 Å². The van der Waals surface area contributed by atoms with Gasteiger partial charge in [-0.05, 0) is 89.3 Å². The summed E-state index contributed by atoms with van der Waals surface area (Å²) in [5, 5.41) is 3.21. The van der Waals surface area contributed by atoms with Crippen molar-refractivity contribution in [3.05, 3.63) is 35.1 Å². The Balaban J connectivity index is 0.000000717. The fourth-order valence-corrected chi connectivity index (χ4v) is 4.79. The lowest BCUT2D eigenvalue weighted by Crippen LogP contribution is -2.45. The standard InChI is InChI=1S/C20H34N2.C8H17NO.C4H10.C2H2/c1-4-21-13-15-22(16-14-21)18(3)17(2)19-7-5-6-9-20(10-8-19)11-12-20;1-3-5-6-9-7-8-10-4-2;1-3-4-2;1-2/h8H,4-7,9-16H2,1-3H3;3,5,9H,4,6-8H2,1-2H3;3-4H2,1-2H3;1-2H/b18-17-,19-8+;5-3-;;. The van der Waals surface area contributed by atoms with E-state index in [1.54, 1.807) is 11.1 Å². The summed E-state index contributed by atoms with van der Waals surface area (Å²) >= 11 is 0. The van der Waals surface area contributed by atoms with Crippen LogP contribution in [0.5, 0.6) is 0 Å². The lowest BCUT2D eigenvalue weighted by atomic mass is 9.87. The summed E-state index contributed by atoms with van der Waals surface area (Å²) in [6.07, 6.45) is 27.3. The third kappa shape index (κ3) is 15.8. The Morgan fingerprint density at radius 2 is 1.66 bits per heavy atom. The first-order chi connectivity index (χ1) is 18.5. The Morgan fingerprint density at radius 1 is 1.00 bits per heavy atom. The van der Waals surface area contributed by atoms with E-state index in [-0.39, 0.29) is 0 Å². The molecule has 4 heteroatoms. The molecule has 0 unspecified atom stereocenters. The van der Waals surface area contributed by atoms with Crippen molar-refractivity contribution in [1.29, 1.82) is 0 Å². The number of terminal acetylenes is 1. The lowest BCUT2D eigenvalue weighted by Gasteiger charge is -2.37. The predicted octanol–water partition coefficient (Wildman–Crippen LogP) is 7.83. The fraction of sp³-hybridized carbons (Fsp3) is 0.765. The smallest absolute Gasteiger partial charge is 0.0590 e. The number of unbranched alkanes of at least 4 members (excludes halogenated alkanes) is 1. The predicted molar refractivity (Wildman–Crippen MR) is 170 cm³/mol. The van der Waals surface area contributed by atoms with Crippen molar-refractivity contribution in [2.24, 2.45) is 5.41 Å². The topological polar surface area (TPSA) is 27.7 Å².